The first-order chi connectivity index (χ1) is 8.70. The first kappa shape index (κ1) is 14.9. The SMILES string of the molecule is O=C(O)C[C@H](NC(=O)C(F)(F)F)c1ccc(F)cc1. The van der Waals surface area contributed by atoms with Crippen molar-refractivity contribution >= 4 is 11.9 Å². The van der Waals surface area contributed by atoms with Crippen LogP contribution in [0.5, 0.6) is 0 Å². The fourth-order valence-corrected chi connectivity index (χ4v) is 1.36. The van der Waals surface area contributed by atoms with Crippen LogP contribution in [0.2, 0.25) is 0 Å². The lowest BCUT2D eigenvalue weighted by Gasteiger charge is -2.18. The van der Waals surface area contributed by atoms with Crippen LogP contribution in [-0.4, -0.2) is 23.2 Å². The van der Waals surface area contributed by atoms with Crippen LogP contribution in [0.4, 0.5) is 17.6 Å². The van der Waals surface area contributed by atoms with E-state index >= 15 is 0 Å². The van der Waals surface area contributed by atoms with Crippen molar-refractivity contribution in [1.82, 2.24) is 5.32 Å². The van der Waals surface area contributed by atoms with Gasteiger partial charge in [-0.2, -0.15) is 13.2 Å². The van der Waals surface area contributed by atoms with Gasteiger partial charge in [-0.3, -0.25) is 9.59 Å². The zero-order valence-corrected chi connectivity index (χ0v) is 9.37. The van der Waals surface area contributed by atoms with E-state index in [9.17, 15) is 27.2 Å². The van der Waals surface area contributed by atoms with Crippen molar-refractivity contribution in [2.45, 2.75) is 18.6 Å². The second kappa shape index (κ2) is 5.68. The summed E-state index contributed by atoms with van der Waals surface area (Å²) in [6.07, 6.45) is -5.86. The van der Waals surface area contributed by atoms with Crippen LogP contribution in [0.15, 0.2) is 24.3 Å². The zero-order valence-electron chi connectivity index (χ0n) is 9.37. The van der Waals surface area contributed by atoms with Gasteiger partial charge in [-0.1, -0.05) is 12.1 Å². The first-order valence-electron chi connectivity index (χ1n) is 5.05. The molecule has 1 atom stereocenters. The average molecular weight is 279 g/mol. The molecule has 0 aromatic heterocycles. The van der Waals surface area contributed by atoms with Gasteiger partial charge in [-0.25, -0.2) is 4.39 Å². The van der Waals surface area contributed by atoms with Crippen molar-refractivity contribution in [3.8, 4) is 0 Å². The summed E-state index contributed by atoms with van der Waals surface area (Å²) in [6, 6.07) is 2.76. The van der Waals surface area contributed by atoms with E-state index in [1.54, 1.807) is 5.32 Å². The molecule has 0 radical (unpaired) electrons. The number of nitrogens with one attached hydrogen (secondary N) is 1. The van der Waals surface area contributed by atoms with Gasteiger partial charge in [0, 0.05) is 0 Å². The van der Waals surface area contributed by atoms with Crippen molar-refractivity contribution in [2.75, 3.05) is 0 Å². The average Bonchev–Trinajstić information content (AvgIpc) is 2.27. The third-order valence-corrected chi connectivity index (χ3v) is 2.21. The summed E-state index contributed by atoms with van der Waals surface area (Å²) in [5.41, 5.74) is 0.0707. The van der Waals surface area contributed by atoms with Gasteiger partial charge >= 0.3 is 18.1 Å². The fraction of sp³-hybridized carbons (Fsp3) is 0.273. The standard InChI is InChI=1S/C11H9F4NO3/c12-7-3-1-6(2-4-7)8(5-9(17)18)16-10(19)11(13,14)15/h1-4,8H,5H2,(H,16,19)(H,17,18)/t8-/m0/s1. The molecule has 8 heteroatoms. The second-order valence-electron chi connectivity index (χ2n) is 3.67. The minimum absolute atomic E-state index is 0.0707. The Morgan fingerprint density at radius 1 is 1.21 bits per heavy atom. The van der Waals surface area contributed by atoms with Crippen LogP contribution >= 0.6 is 0 Å². The molecule has 0 unspecified atom stereocenters. The number of hydrogen-bond donors (Lipinski definition) is 2. The van der Waals surface area contributed by atoms with Gasteiger partial charge in [0.05, 0.1) is 12.5 Å². The molecule has 1 aromatic rings. The third-order valence-electron chi connectivity index (χ3n) is 2.21. The molecule has 0 aliphatic carbocycles. The van der Waals surface area contributed by atoms with Gasteiger partial charge in [-0.05, 0) is 17.7 Å². The molecular weight excluding hydrogens is 270 g/mol. The van der Waals surface area contributed by atoms with Gasteiger partial charge in [0.15, 0.2) is 0 Å². The fourth-order valence-electron chi connectivity index (χ4n) is 1.36. The van der Waals surface area contributed by atoms with E-state index in [1.165, 1.54) is 0 Å². The molecule has 0 saturated carbocycles. The largest absolute Gasteiger partial charge is 0.481 e. The summed E-state index contributed by atoms with van der Waals surface area (Å²) in [7, 11) is 0. The summed E-state index contributed by atoms with van der Waals surface area (Å²) in [6.45, 7) is 0. The molecule has 104 valence electrons. The van der Waals surface area contributed by atoms with Crippen LogP contribution in [0, 0.1) is 5.82 Å². The Morgan fingerprint density at radius 3 is 2.16 bits per heavy atom. The molecule has 19 heavy (non-hydrogen) atoms. The normalized spacial score (nSPS) is 12.8. The highest BCUT2D eigenvalue weighted by Crippen LogP contribution is 2.21. The lowest BCUT2D eigenvalue weighted by molar-refractivity contribution is -0.174. The maximum atomic E-state index is 12.7. The minimum atomic E-state index is -5.11. The van der Waals surface area contributed by atoms with E-state index in [0.717, 1.165) is 24.3 Å². The van der Waals surface area contributed by atoms with Gasteiger partial charge in [0.25, 0.3) is 0 Å². The Bertz CT molecular complexity index is 470. The number of carboxylic acid groups (broad SMARTS) is 1. The molecule has 0 saturated heterocycles. The third kappa shape index (κ3) is 4.57. The summed E-state index contributed by atoms with van der Waals surface area (Å²) in [5.74, 6) is -4.26. The first-order valence-corrected chi connectivity index (χ1v) is 5.05. The number of carboxylic acids is 1. The number of carbonyl (C=O) groups excluding carboxylic acids is 1. The maximum Gasteiger partial charge on any atom is 0.471 e. The predicted molar refractivity (Wildman–Crippen MR) is 55.6 cm³/mol. The number of rotatable bonds is 4. The summed E-state index contributed by atoms with van der Waals surface area (Å²) < 4.78 is 49.0. The van der Waals surface area contributed by atoms with E-state index in [-0.39, 0.29) is 5.56 Å². The molecule has 1 amide bonds. The highest BCUT2D eigenvalue weighted by Gasteiger charge is 2.40. The van der Waals surface area contributed by atoms with Crippen molar-refractivity contribution in [1.29, 1.82) is 0 Å². The molecule has 1 aromatic carbocycles. The predicted octanol–water partition coefficient (Wildman–Crippen LogP) is 2.02. The number of amides is 1. The highest BCUT2D eigenvalue weighted by molar-refractivity contribution is 5.82. The Labute approximate surface area is 105 Å². The molecule has 0 heterocycles. The summed E-state index contributed by atoms with van der Waals surface area (Å²) in [4.78, 5) is 21.4. The smallest absolute Gasteiger partial charge is 0.471 e. The Kier molecular flexibility index (Phi) is 4.47. The van der Waals surface area contributed by atoms with Gasteiger partial charge in [-0.15, -0.1) is 0 Å². The lowest BCUT2D eigenvalue weighted by Crippen LogP contribution is -2.39. The number of aliphatic carboxylic acids is 1. The van der Waals surface area contributed by atoms with Gasteiger partial charge in [0.2, 0.25) is 0 Å². The zero-order chi connectivity index (χ0) is 14.6. The monoisotopic (exact) mass is 279 g/mol. The van der Waals surface area contributed by atoms with Crippen LogP contribution in [0.25, 0.3) is 0 Å². The van der Waals surface area contributed by atoms with Crippen molar-refractivity contribution in [3.63, 3.8) is 0 Å². The number of carbonyl (C=O) groups is 2. The molecule has 1 rings (SSSR count). The van der Waals surface area contributed by atoms with E-state index in [4.69, 9.17) is 5.11 Å². The number of alkyl halides is 3. The van der Waals surface area contributed by atoms with Crippen molar-refractivity contribution in [3.05, 3.63) is 35.6 Å². The number of benzene rings is 1. The Balaban J connectivity index is 2.92. The molecule has 0 fully saturated rings. The molecule has 0 spiro atoms. The molecule has 0 bridgehead atoms. The van der Waals surface area contributed by atoms with Crippen LogP contribution in [0.3, 0.4) is 0 Å². The number of hydrogen-bond acceptors (Lipinski definition) is 2. The van der Waals surface area contributed by atoms with Crippen molar-refractivity contribution in [2.24, 2.45) is 0 Å². The second-order valence-corrected chi connectivity index (χ2v) is 3.67. The number of halogens is 4. The lowest BCUT2D eigenvalue weighted by atomic mass is 10.0. The van der Waals surface area contributed by atoms with Crippen LogP contribution in [0.1, 0.15) is 18.0 Å². The van der Waals surface area contributed by atoms with E-state index < -0.39 is 36.3 Å². The summed E-state index contributed by atoms with van der Waals surface area (Å²) in [5, 5.41) is 10.2. The molecular formula is C11H9F4NO3. The molecule has 4 nitrogen and oxygen atoms in total. The van der Waals surface area contributed by atoms with Gasteiger partial charge < -0.3 is 10.4 Å². The quantitative estimate of drug-likeness (QED) is 0.829. The highest BCUT2D eigenvalue weighted by atomic mass is 19.4. The van der Waals surface area contributed by atoms with Crippen molar-refractivity contribution < 1.29 is 32.3 Å². The van der Waals surface area contributed by atoms with Gasteiger partial charge in [0.1, 0.15) is 5.82 Å². The van der Waals surface area contributed by atoms with E-state index in [1.807, 2.05) is 0 Å². The Hall–Kier alpha value is -2.12. The van der Waals surface area contributed by atoms with Crippen LogP contribution in [-0.2, 0) is 9.59 Å². The molecule has 0 aliphatic rings. The van der Waals surface area contributed by atoms with Crippen LogP contribution < -0.4 is 5.32 Å². The molecule has 2 N–H and O–H groups in total. The van der Waals surface area contributed by atoms with E-state index in [2.05, 4.69) is 0 Å². The minimum Gasteiger partial charge on any atom is -0.481 e. The maximum absolute atomic E-state index is 12.7. The van der Waals surface area contributed by atoms with E-state index in [0.29, 0.717) is 0 Å². The molecule has 0 aliphatic heterocycles. The topological polar surface area (TPSA) is 66.4 Å². The summed E-state index contributed by atoms with van der Waals surface area (Å²) >= 11 is 0. The Morgan fingerprint density at radius 2 is 1.74 bits per heavy atom.